The van der Waals surface area contributed by atoms with Crippen LogP contribution >= 0.6 is 0 Å². The highest BCUT2D eigenvalue weighted by Crippen LogP contribution is 2.13. The first-order valence-electron chi connectivity index (χ1n) is 4.95. The molecular formula is C8H17NO7. The first kappa shape index (κ1) is 13.3. The molecule has 7 N–H and O–H groups in total. The van der Waals surface area contributed by atoms with Gasteiger partial charge in [0.05, 0.1) is 13.2 Å². The quantitative estimate of drug-likeness (QED) is 0.233. The van der Waals surface area contributed by atoms with Crippen LogP contribution in [0.4, 0.5) is 0 Å². The fourth-order valence-corrected chi connectivity index (χ4v) is 1.06. The average molecular weight is 240 g/mol. The lowest BCUT2D eigenvalue weighted by molar-refractivity contribution is -0.188. The van der Waals surface area contributed by atoms with E-state index in [-0.39, 0.29) is 5.31 Å². The van der Waals surface area contributed by atoms with Gasteiger partial charge < -0.3 is 35.9 Å². The number of nitrogens with one attached hydrogen (secondary N) is 1. The number of carbonyl (C=O) groups excluding carboxylic acids is 1. The van der Waals surface area contributed by atoms with Crippen LogP contribution in [-0.2, 0) is 4.79 Å². The lowest BCUT2D eigenvalue weighted by Gasteiger charge is -2.35. The predicted molar refractivity (Wildman–Crippen MR) is 51.0 cm³/mol. The summed E-state index contributed by atoms with van der Waals surface area (Å²) in [5.41, 5.74) is -2.78. The number of aliphatic hydroxyl groups excluding tert-OH is 5. The Morgan fingerprint density at radius 3 is 2.25 bits per heavy atom. The summed E-state index contributed by atoms with van der Waals surface area (Å²) in [4.78, 5) is 10.9. The van der Waals surface area contributed by atoms with Gasteiger partial charge in [-0.2, -0.15) is 0 Å². The van der Waals surface area contributed by atoms with Gasteiger partial charge in [0.2, 0.25) is 5.91 Å². The zero-order chi connectivity index (χ0) is 13.8. The fourth-order valence-electron chi connectivity index (χ4n) is 1.06. The van der Waals surface area contributed by atoms with E-state index in [4.69, 9.17) is 16.7 Å². The van der Waals surface area contributed by atoms with Gasteiger partial charge in [-0.3, -0.25) is 4.79 Å². The second kappa shape index (κ2) is 6.09. The van der Waals surface area contributed by atoms with Gasteiger partial charge in [-0.15, -0.1) is 0 Å². The van der Waals surface area contributed by atoms with Crippen LogP contribution in [-0.4, -0.2) is 73.8 Å². The summed E-state index contributed by atoms with van der Waals surface area (Å²) in [6.45, 7) is -1.24. The average Bonchev–Trinajstić information content (AvgIpc) is 2.33. The van der Waals surface area contributed by atoms with Crippen LogP contribution in [0.15, 0.2) is 0 Å². The molecule has 0 rings (SSSR count). The summed E-state index contributed by atoms with van der Waals surface area (Å²) in [6, 6.07) is 0. The Labute approximate surface area is 93.2 Å². The summed E-state index contributed by atoms with van der Waals surface area (Å²) < 4.78 is 7.16. The highest BCUT2D eigenvalue weighted by atomic mass is 16.4. The SMILES string of the molecule is [2H]N(C(C)=O)[C@](O)(CO)[C@@H](O)[C@H](O)[C@H](O)CO. The lowest BCUT2D eigenvalue weighted by Crippen LogP contribution is -2.64. The van der Waals surface area contributed by atoms with Crippen molar-refractivity contribution in [1.29, 1.82) is 0 Å². The maximum absolute atomic E-state index is 10.9. The highest BCUT2D eigenvalue weighted by molar-refractivity contribution is 5.73. The van der Waals surface area contributed by atoms with E-state index < -0.39 is 43.2 Å². The number of amides is 1. The number of aliphatic hydroxyl groups is 6. The van der Waals surface area contributed by atoms with E-state index in [0.29, 0.717) is 0 Å². The Balaban J connectivity index is 5.03. The fraction of sp³-hybridized carbons (Fsp3) is 0.875. The monoisotopic (exact) mass is 240 g/mol. The normalized spacial score (nSPS) is 21.6. The minimum absolute atomic E-state index is 0.120. The second-order valence-electron chi connectivity index (χ2n) is 3.35. The Bertz CT molecular complexity index is 266. The molecule has 16 heavy (non-hydrogen) atoms. The van der Waals surface area contributed by atoms with Crippen LogP contribution in [0.3, 0.4) is 0 Å². The van der Waals surface area contributed by atoms with Crippen LogP contribution in [0.2, 0.25) is 1.41 Å². The number of hydrogen-bond donors (Lipinski definition) is 7. The van der Waals surface area contributed by atoms with E-state index >= 15 is 0 Å². The van der Waals surface area contributed by atoms with Crippen molar-refractivity contribution >= 4 is 5.91 Å². The van der Waals surface area contributed by atoms with E-state index in [1.54, 1.807) is 0 Å². The molecule has 0 aromatic heterocycles. The molecule has 0 spiro atoms. The molecule has 0 aromatic carbocycles. The van der Waals surface area contributed by atoms with Gasteiger partial charge in [0.15, 0.2) is 7.14 Å². The molecule has 0 bridgehead atoms. The van der Waals surface area contributed by atoms with Gasteiger partial charge in [-0.1, -0.05) is 0 Å². The van der Waals surface area contributed by atoms with E-state index in [0.717, 1.165) is 6.92 Å². The molecular weight excluding hydrogens is 222 g/mol. The third-order valence-electron chi connectivity index (χ3n) is 1.96. The molecule has 0 saturated heterocycles. The zero-order valence-electron chi connectivity index (χ0n) is 9.69. The van der Waals surface area contributed by atoms with Crippen molar-refractivity contribution in [2.24, 2.45) is 0 Å². The van der Waals surface area contributed by atoms with E-state index in [2.05, 4.69) is 0 Å². The molecule has 0 aliphatic rings. The third kappa shape index (κ3) is 3.67. The van der Waals surface area contributed by atoms with Gasteiger partial charge in [-0.25, -0.2) is 0 Å². The largest absolute Gasteiger partial charge is 0.394 e. The van der Waals surface area contributed by atoms with Crippen LogP contribution in [0, 0.1) is 0 Å². The maximum Gasteiger partial charge on any atom is 0.219 e. The third-order valence-corrected chi connectivity index (χ3v) is 1.96. The first-order chi connectivity index (χ1) is 7.72. The summed E-state index contributed by atoms with van der Waals surface area (Å²) >= 11 is 0. The molecule has 8 nitrogen and oxygen atoms in total. The minimum Gasteiger partial charge on any atom is -0.394 e. The molecule has 8 heteroatoms. The van der Waals surface area contributed by atoms with Crippen LogP contribution in [0.25, 0.3) is 0 Å². The Morgan fingerprint density at radius 2 is 1.94 bits per heavy atom. The molecule has 0 radical (unpaired) electrons. The van der Waals surface area contributed by atoms with Crippen molar-refractivity contribution in [3.63, 3.8) is 0 Å². The molecule has 1 amide bonds. The van der Waals surface area contributed by atoms with Crippen LogP contribution in [0.1, 0.15) is 6.92 Å². The molecule has 0 aliphatic carbocycles. The molecule has 0 aromatic rings. The maximum atomic E-state index is 10.9. The Hall–Kier alpha value is -0.770. The van der Waals surface area contributed by atoms with Crippen LogP contribution < -0.4 is 5.31 Å². The smallest absolute Gasteiger partial charge is 0.219 e. The molecule has 96 valence electrons. The molecule has 0 heterocycles. The summed E-state index contributed by atoms with van der Waals surface area (Å²) in [5, 5.41) is 54.9. The Kier molecular flexibility index (Phi) is 5.06. The van der Waals surface area contributed by atoms with Gasteiger partial charge >= 0.3 is 0 Å². The topological polar surface area (TPSA) is 150 Å². The number of carbonyl (C=O) groups is 1. The molecule has 0 aliphatic heterocycles. The molecule has 0 saturated carbocycles. The minimum atomic E-state index is -2.78. The van der Waals surface area contributed by atoms with Crippen molar-refractivity contribution in [2.75, 3.05) is 13.2 Å². The van der Waals surface area contributed by atoms with Crippen molar-refractivity contribution in [3.8, 4) is 0 Å². The summed E-state index contributed by atoms with van der Waals surface area (Å²) in [5.74, 6) is -0.994. The van der Waals surface area contributed by atoms with Crippen molar-refractivity contribution in [2.45, 2.75) is 31.0 Å². The second-order valence-corrected chi connectivity index (χ2v) is 3.35. The standard InChI is InChI=1S/C8H17NO7/c1-4(12)9-8(16,3-11)7(15)6(14)5(13)2-10/h5-7,10-11,13-16H,2-3H2,1H3,(H,9,12)/t5-,6-,7+,8+/m1/s1/i/hD. The van der Waals surface area contributed by atoms with Crippen molar-refractivity contribution < 1.29 is 36.8 Å². The van der Waals surface area contributed by atoms with Gasteiger partial charge in [0.1, 0.15) is 18.3 Å². The highest BCUT2D eigenvalue weighted by Gasteiger charge is 2.42. The van der Waals surface area contributed by atoms with Gasteiger partial charge in [-0.05, 0) is 0 Å². The Morgan fingerprint density at radius 1 is 1.44 bits per heavy atom. The molecule has 0 fully saturated rings. The molecule has 4 atom stereocenters. The van der Waals surface area contributed by atoms with E-state index in [1.165, 1.54) is 0 Å². The lowest BCUT2D eigenvalue weighted by atomic mass is 9.98. The van der Waals surface area contributed by atoms with E-state index in [1.807, 2.05) is 0 Å². The number of hydrogen-bond acceptors (Lipinski definition) is 7. The summed E-state index contributed by atoms with van der Waals surface area (Å²) in [7, 11) is 0. The van der Waals surface area contributed by atoms with E-state index in [9.17, 15) is 20.1 Å². The van der Waals surface area contributed by atoms with Crippen LogP contribution in [0.5, 0.6) is 0 Å². The number of rotatable bonds is 6. The summed E-state index contributed by atoms with van der Waals surface area (Å²) in [6.07, 6.45) is -6.05. The molecule has 0 unspecified atom stereocenters. The van der Waals surface area contributed by atoms with Crippen molar-refractivity contribution in [3.05, 3.63) is 0 Å². The van der Waals surface area contributed by atoms with Crippen molar-refractivity contribution in [1.82, 2.24) is 5.31 Å². The first-order valence-corrected chi connectivity index (χ1v) is 4.50. The van der Waals surface area contributed by atoms with Gasteiger partial charge in [0.25, 0.3) is 0 Å². The predicted octanol–water partition coefficient (Wildman–Crippen LogP) is -4.12. The van der Waals surface area contributed by atoms with Gasteiger partial charge in [0, 0.05) is 6.92 Å². The zero-order valence-corrected chi connectivity index (χ0v) is 8.69.